The zero-order valence-corrected chi connectivity index (χ0v) is 16.8. The molecule has 0 saturated carbocycles. The molecule has 0 unspecified atom stereocenters. The number of hydrogen-bond donors (Lipinski definition) is 1. The van der Waals surface area contributed by atoms with Gasteiger partial charge >= 0.3 is 0 Å². The fourth-order valence-corrected chi connectivity index (χ4v) is 5.74. The number of thiophene rings is 1. The van der Waals surface area contributed by atoms with Gasteiger partial charge in [-0.05, 0) is 37.8 Å². The summed E-state index contributed by atoms with van der Waals surface area (Å²) < 4.78 is 0. The van der Waals surface area contributed by atoms with Crippen LogP contribution in [0.5, 0.6) is 0 Å². The third-order valence-corrected chi connectivity index (χ3v) is 7.13. The number of nitrogens with zero attached hydrogens (tertiary/aromatic N) is 4. The Kier molecular flexibility index (Phi) is 5.01. The van der Waals surface area contributed by atoms with Crippen LogP contribution in [-0.4, -0.2) is 58.3 Å². The smallest absolute Gasteiger partial charge is 0.141 e. The van der Waals surface area contributed by atoms with E-state index in [1.165, 1.54) is 35.8 Å². The molecule has 0 bridgehead atoms. The Balaban J connectivity index is 1.50. The summed E-state index contributed by atoms with van der Waals surface area (Å²) in [5.41, 5.74) is 2.46. The van der Waals surface area contributed by atoms with Crippen molar-refractivity contribution in [2.75, 3.05) is 31.1 Å². The summed E-state index contributed by atoms with van der Waals surface area (Å²) in [6.45, 7) is 3.43. The van der Waals surface area contributed by atoms with Gasteiger partial charge in [-0.25, -0.2) is 9.97 Å². The number of aliphatic hydroxyl groups is 1. The van der Waals surface area contributed by atoms with E-state index in [4.69, 9.17) is 4.98 Å². The lowest BCUT2D eigenvalue weighted by Gasteiger charge is -2.32. The number of benzene rings is 1. The fraction of sp³-hybridized carbons (Fsp3) is 0.455. The third-order valence-electron chi connectivity index (χ3n) is 6.24. The van der Waals surface area contributed by atoms with E-state index >= 15 is 0 Å². The molecule has 2 atom stereocenters. The minimum Gasteiger partial charge on any atom is -0.395 e. The van der Waals surface area contributed by atoms with Crippen LogP contribution in [0.25, 0.3) is 21.3 Å². The van der Waals surface area contributed by atoms with E-state index in [0.717, 1.165) is 36.7 Å². The molecule has 28 heavy (non-hydrogen) atoms. The molecule has 3 aromatic rings. The van der Waals surface area contributed by atoms with Gasteiger partial charge in [0.15, 0.2) is 0 Å². The van der Waals surface area contributed by atoms with E-state index in [-0.39, 0.29) is 6.61 Å². The van der Waals surface area contributed by atoms with Crippen LogP contribution in [-0.2, 0) is 0 Å². The van der Waals surface area contributed by atoms with Crippen molar-refractivity contribution in [1.29, 1.82) is 0 Å². The largest absolute Gasteiger partial charge is 0.395 e. The lowest BCUT2D eigenvalue weighted by atomic mass is 10.1. The van der Waals surface area contributed by atoms with Gasteiger partial charge in [0.2, 0.25) is 0 Å². The van der Waals surface area contributed by atoms with Crippen LogP contribution in [0.15, 0.2) is 42.0 Å². The maximum absolute atomic E-state index is 9.69. The van der Waals surface area contributed by atoms with Gasteiger partial charge in [-0.2, -0.15) is 0 Å². The molecular weight excluding hydrogens is 368 g/mol. The molecule has 0 aliphatic carbocycles. The second-order valence-electron chi connectivity index (χ2n) is 7.86. The molecule has 2 aromatic heterocycles. The molecule has 4 heterocycles. The van der Waals surface area contributed by atoms with Crippen LogP contribution in [0.3, 0.4) is 0 Å². The van der Waals surface area contributed by atoms with E-state index < -0.39 is 0 Å². The Labute approximate surface area is 169 Å². The number of rotatable bonds is 5. The SMILES string of the molecule is OC[C@@H]1CCCN1C[C@@H]1CCCN1c1ncnc2scc(-c3ccccc3)c12. The van der Waals surface area contributed by atoms with Crippen molar-refractivity contribution in [3.8, 4) is 11.1 Å². The molecule has 2 aliphatic heterocycles. The lowest BCUT2D eigenvalue weighted by molar-refractivity contribution is 0.153. The summed E-state index contributed by atoms with van der Waals surface area (Å²) in [5, 5.41) is 13.1. The van der Waals surface area contributed by atoms with Gasteiger partial charge in [-0.15, -0.1) is 11.3 Å². The first-order valence-corrected chi connectivity index (χ1v) is 11.1. The van der Waals surface area contributed by atoms with Gasteiger partial charge in [0.25, 0.3) is 0 Å². The van der Waals surface area contributed by atoms with Crippen molar-refractivity contribution in [2.45, 2.75) is 37.8 Å². The summed E-state index contributed by atoms with van der Waals surface area (Å²) in [4.78, 5) is 15.3. The normalized spacial score (nSPS) is 23.1. The van der Waals surface area contributed by atoms with E-state index in [0.29, 0.717) is 12.1 Å². The van der Waals surface area contributed by atoms with Crippen LogP contribution in [0, 0.1) is 0 Å². The molecule has 2 saturated heterocycles. The monoisotopic (exact) mass is 394 g/mol. The van der Waals surface area contributed by atoms with Gasteiger partial charge < -0.3 is 10.0 Å². The van der Waals surface area contributed by atoms with Crippen molar-refractivity contribution < 1.29 is 5.11 Å². The summed E-state index contributed by atoms with van der Waals surface area (Å²) in [6.07, 6.45) is 6.40. The van der Waals surface area contributed by atoms with Crippen molar-refractivity contribution in [1.82, 2.24) is 14.9 Å². The molecule has 0 amide bonds. The van der Waals surface area contributed by atoms with Crippen molar-refractivity contribution in [2.24, 2.45) is 0 Å². The molecule has 0 spiro atoms. The highest BCUT2D eigenvalue weighted by atomic mass is 32.1. The average molecular weight is 395 g/mol. The first-order valence-electron chi connectivity index (χ1n) is 10.2. The second kappa shape index (κ2) is 7.78. The molecule has 2 aliphatic rings. The zero-order chi connectivity index (χ0) is 18.9. The number of anilines is 1. The van der Waals surface area contributed by atoms with E-state index in [1.807, 2.05) is 0 Å². The maximum atomic E-state index is 9.69. The number of aliphatic hydroxyl groups excluding tert-OH is 1. The van der Waals surface area contributed by atoms with E-state index in [9.17, 15) is 5.11 Å². The number of aromatic nitrogens is 2. The number of hydrogen-bond acceptors (Lipinski definition) is 6. The number of fused-ring (bicyclic) bond motifs is 1. The molecule has 146 valence electrons. The Morgan fingerprint density at radius 2 is 1.86 bits per heavy atom. The third kappa shape index (κ3) is 3.19. The molecular formula is C22H26N4OS. The van der Waals surface area contributed by atoms with E-state index in [2.05, 4.69) is 50.5 Å². The van der Waals surface area contributed by atoms with E-state index in [1.54, 1.807) is 17.7 Å². The second-order valence-corrected chi connectivity index (χ2v) is 8.71. The van der Waals surface area contributed by atoms with Crippen LogP contribution < -0.4 is 4.90 Å². The van der Waals surface area contributed by atoms with Crippen LogP contribution in [0.4, 0.5) is 5.82 Å². The molecule has 5 nitrogen and oxygen atoms in total. The molecule has 1 aromatic carbocycles. The van der Waals surface area contributed by atoms with Crippen molar-refractivity contribution in [3.05, 3.63) is 42.0 Å². The highest BCUT2D eigenvalue weighted by Crippen LogP contribution is 2.40. The van der Waals surface area contributed by atoms with Crippen molar-refractivity contribution in [3.63, 3.8) is 0 Å². The summed E-state index contributed by atoms with van der Waals surface area (Å²) in [7, 11) is 0. The van der Waals surface area contributed by atoms with Gasteiger partial charge in [0.1, 0.15) is 17.0 Å². The first kappa shape index (κ1) is 18.0. The highest BCUT2D eigenvalue weighted by molar-refractivity contribution is 7.17. The van der Waals surface area contributed by atoms with Crippen molar-refractivity contribution >= 4 is 27.4 Å². The average Bonchev–Trinajstić information content (AvgIpc) is 3.48. The lowest BCUT2D eigenvalue weighted by Crippen LogP contribution is -2.43. The quantitative estimate of drug-likeness (QED) is 0.714. The summed E-state index contributed by atoms with van der Waals surface area (Å²) >= 11 is 1.70. The maximum Gasteiger partial charge on any atom is 0.141 e. The Morgan fingerprint density at radius 1 is 1.04 bits per heavy atom. The standard InChI is InChI=1S/C22H26N4OS/c27-13-18-9-4-10-25(18)12-17-8-5-11-26(17)21-20-19(16-6-2-1-3-7-16)14-28-22(20)24-15-23-21/h1-3,6-7,14-15,17-18,27H,4-5,8-13H2/t17-,18-/m0/s1. The van der Waals surface area contributed by atoms with Gasteiger partial charge in [0, 0.05) is 36.1 Å². The molecule has 2 fully saturated rings. The minimum absolute atomic E-state index is 0.271. The fourth-order valence-electron chi connectivity index (χ4n) is 4.82. The van der Waals surface area contributed by atoms with Gasteiger partial charge in [0.05, 0.1) is 12.0 Å². The number of likely N-dealkylation sites (tertiary alicyclic amines) is 1. The molecule has 1 N–H and O–H groups in total. The first-order chi connectivity index (χ1) is 13.8. The molecule has 6 heteroatoms. The van der Waals surface area contributed by atoms with Crippen LogP contribution >= 0.6 is 11.3 Å². The van der Waals surface area contributed by atoms with Crippen LogP contribution in [0.1, 0.15) is 25.7 Å². The predicted molar refractivity (Wildman–Crippen MR) is 115 cm³/mol. The zero-order valence-electron chi connectivity index (χ0n) is 16.0. The van der Waals surface area contributed by atoms with Gasteiger partial charge in [-0.1, -0.05) is 30.3 Å². The Hall–Kier alpha value is -2.02. The molecule has 0 radical (unpaired) electrons. The predicted octanol–water partition coefficient (Wildman–Crippen LogP) is 3.78. The molecule has 5 rings (SSSR count). The topological polar surface area (TPSA) is 52.5 Å². The van der Waals surface area contributed by atoms with Crippen LogP contribution in [0.2, 0.25) is 0 Å². The highest BCUT2D eigenvalue weighted by Gasteiger charge is 2.33. The Morgan fingerprint density at radius 3 is 2.71 bits per heavy atom. The summed E-state index contributed by atoms with van der Waals surface area (Å²) in [5.74, 6) is 1.08. The summed E-state index contributed by atoms with van der Waals surface area (Å²) in [6, 6.07) is 11.3. The van der Waals surface area contributed by atoms with Gasteiger partial charge in [-0.3, -0.25) is 4.90 Å². The Bertz CT molecular complexity index is 944. The minimum atomic E-state index is 0.271.